The van der Waals surface area contributed by atoms with Gasteiger partial charge in [0, 0.05) is 11.8 Å². The van der Waals surface area contributed by atoms with Gasteiger partial charge >= 0.3 is 0 Å². The summed E-state index contributed by atoms with van der Waals surface area (Å²) in [5.41, 5.74) is 2.03. The van der Waals surface area contributed by atoms with Crippen molar-refractivity contribution >= 4 is 29.1 Å². The number of aromatic hydroxyl groups is 1. The number of para-hydroxylation sites is 1. The lowest BCUT2D eigenvalue weighted by Gasteiger charge is -2.54. The van der Waals surface area contributed by atoms with Gasteiger partial charge in [0.2, 0.25) is 11.8 Å². The second-order valence-corrected chi connectivity index (χ2v) is 11.4. The third-order valence-electron chi connectivity index (χ3n) is 9.72. The van der Waals surface area contributed by atoms with Gasteiger partial charge in [-0.2, -0.15) is 0 Å². The van der Waals surface area contributed by atoms with E-state index in [0.29, 0.717) is 29.7 Å². The van der Waals surface area contributed by atoms with Crippen LogP contribution in [0.25, 0.3) is 0 Å². The second-order valence-electron chi connectivity index (χ2n) is 11.4. The molecule has 0 spiro atoms. The Kier molecular flexibility index (Phi) is 5.68. The summed E-state index contributed by atoms with van der Waals surface area (Å²) in [6, 6.07) is 14.0. The minimum atomic E-state index is -1.08. The van der Waals surface area contributed by atoms with Gasteiger partial charge in [0.25, 0.3) is 0 Å². The number of anilines is 1. The number of hydrogen-bond acceptors (Lipinski definition) is 6. The topological polar surface area (TPSA) is 101 Å². The van der Waals surface area contributed by atoms with E-state index in [9.17, 15) is 24.3 Å². The number of carbonyl (C=O) groups is 4. The average molecular weight is 526 g/mol. The molecule has 1 N–H and O–H groups in total. The van der Waals surface area contributed by atoms with Crippen molar-refractivity contribution in [3.05, 3.63) is 76.9 Å². The molecule has 1 aliphatic heterocycles. The van der Waals surface area contributed by atoms with Gasteiger partial charge < -0.3 is 9.84 Å². The molecule has 39 heavy (non-hydrogen) atoms. The van der Waals surface area contributed by atoms with Gasteiger partial charge in [-0.1, -0.05) is 42.8 Å². The molecule has 3 aliphatic carbocycles. The molecule has 4 aliphatic rings. The van der Waals surface area contributed by atoms with Crippen molar-refractivity contribution < 1.29 is 29.0 Å². The lowest BCUT2D eigenvalue weighted by Crippen LogP contribution is -2.55. The van der Waals surface area contributed by atoms with E-state index in [0.717, 1.165) is 11.1 Å². The van der Waals surface area contributed by atoms with Crippen LogP contribution in [-0.4, -0.2) is 35.6 Å². The highest BCUT2D eigenvalue weighted by atomic mass is 16.5. The number of allylic oxidation sites excluding steroid dienone is 4. The minimum absolute atomic E-state index is 0.0268. The normalized spacial score (nSPS) is 32.1. The van der Waals surface area contributed by atoms with Gasteiger partial charge in [0.1, 0.15) is 0 Å². The van der Waals surface area contributed by atoms with Crippen molar-refractivity contribution in [1.29, 1.82) is 0 Å². The van der Waals surface area contributed by atoms with Crippen LogP contribution in [0.4, 0.5) is 5.69 Å². The number of benzene rings is 2. The molecular formula is C32H31NO6. The molecule has 0 radical (unpaired) electrons. The number of rotatable bonds is 3. The number of nitrogens with zero attached hydrogens (tertiary/aromatic N) is 1. The van der Waals surface area contributed by atoms with Crippen LogP contribution in [0.1, 0.15) is 45.1 Å². The summed E-state index contributed by atoms with van der Waals surface area (Å²) in [5, 5.41) is 10.3. The predicted molar refractivity (Wildman–Crippen MR) is 144 cm³/mol. The van der Waals surface area contributed by atoms with Crippen molar-refractivity contribution in [2.24, 2.45) is 29.1 Å². The molecule has 200 valence electrons. The Morgan fingerprint density at radius 1 is 0.949 bits per heavy atom. The maximum atomic E-state index is 14.1. The molecule has 7 nitrogen and oxygen atoms in total. The lowest BCUT2D eigenvalue weighted by atomic mass is 9.46. The average Bonchev–Trinajstić information content (AvgIpc) is 3.20. The number of fused-ring (bicyclic) bond motifs is 4. The molecule has 2 amide bonds. The first-order valence-corrected chi connectivity index (χ1v) is 13.4. The molecule has 1 saturated heterocycles. The number of Topliss-reactive ketones (excluding diaryl/α,β-unsaturated/α-hetero) is 2. The number of phenols is 1. The van der Waals surface area contributed by atoms with Crippen molar-refractivity contribution in [1.82, 2.24) is 0 Å². The third kappa shape index (κ3) is 3.35. The zero-order valence-electron chi connectivity index (χ0n) is 22.4. The van der Waals surface area contributed by atoms with Crippen molar-refractivity contribution in [2.75, 3.05) is 12.0 Å². The number of carbonyl (C=O) groups excluding carboxylic acids is 4. The van der Waals surface area contributed by atoms with Crippen molar-refractivity contribution in [3.63, 3.8) is 0 Å². The molecule has 2 aromatic rings. The largest absolute Gasteiger partial charge is 0.504 e. The van der Waals surface area contributed by atoms with Crippen molar-refractivity contribution in [2.45, 2.75) is 39.5 Å². The fourth-order valence-electron chi connectivity index (χ4n) is 7.66. The van der Waals surface area contributed by atoms with E-state index in [1.165, 1.54) is 18.1 Å². The Labute approximate surface area is 227 Å². The first-order chi connectivity index (χ1) is 18.6. The van der Waals surface area contributed by atoms with Crippen LogP contribution in [0.5, 0.6) is 11.5 Å². The number of methoxy groups -OCH3 is 1. The van der Waals surface area contributed by atoms with Gasteiger partial charge in [-0.15, -0.1) is 0 Å². The van der Waals surface area contributed by atoms with Crippen LogP contribution in [0.2, 0.25) is 0 Å². The maximum absolute atomic E-state index is 14.1. The van der Waals surface area contributed by atoms with Crippen LogP contribution in [0.3, 0.4) is 0 Å². The maximum Gasteiger partial charge on any atom is 0.238 e. The molecule has 0 bridgehead atoms. The van der Waals surface area contributed by atoms with Gasteiger partial charge in [-0.3, -0.25) is 24.1 Å². The highest BCUT2D eigenvalue weighted by molar-refractivity contribution is 6.22. The fourth-order valence-corrected chi connectivity index (χ4v) is 7.66. The Morgan fingerprint density at radius 3 is 2.36 bits per heavy atom. The van der Waals surface area contributed by atoms with E-state index in [2.05, 4.69) is 0 Å². The van der Waals surface area contributed by atoms with Gasteiger partial charge in [0.05, 0.1) is 30.0 Å². The predicted octanol–water partition coefficient (Wildman–Crippen LogP) is 4.75. The summed E-state index contributed by atoms with van der Waals surface area (Å²) < 4.78 is 5.40. The van der Waals surface area contributed by atoms with Crippen LogP contribution < -0.4 is 9.64 Å². The monoisotopic (exact) mass is 525 g/mol. The molecule has 2 fully saturated rings. The minimum Gasteiger partial charge on any atom is -0.504 e. The Hall–Kier alpha value is -4.00. The number of phenolic OH excluding ortho intramolecular Hbond substituents is 1. The fraction of sp³-hybridized carbons (Fsp3) is 0.375. The molecule has 6 rings (SSSR count). The summed E-state index contributed by atoms with van der Waals surface area (Å²) in [6.07, 6.45) is 2.73. The Bertz CT molecular complexity index is 1500. The molecule has 0 aromatic heterocycles. The van der Waals surface area contributed by atoms with Gasteiger partial charge in [-0.05, 0) is 73.6 Å². The highest BCUT2D eigenvalue weighted by Gasteiger charge is 2.64. The number of hydrogen-bond donors (Lipinski definition) is 1. The zero-order valence-corrected chi connectivity index (χ0v) is 22.4. The summed E-state index contributed by atoms with van der Waals surface area (Å²) >= 11 is 0. The van der Waals surface area contributed by atoms with E-state index in [4.69, 9.17) is 4.74 Å². The Morgan fingerprint density at radius 2 is 1.67 bits per heavy atom. The summed E-state index contributed by atoms with van der Waals surface area (Å²) in [7, 11) is 1.46. The molecule has 7 heteroatoms. The molecule has 1 heterocycles. The van der Waals surface area contributed by atoms with E-state index < -0.39 is 29.1 Å². The molecule has 0 unspecified atom stereocenters. The van der Waals surface area contributed by atoms with Gasteiger partial charge in [0.15, 0.2) is 23.1 Å². The SMILES string of the molecule is COc1cc([C@H]2C3=CC[C@@H]4C(=O)N(c5ccccc5)C(=O)[C@@H]4[C@@H]3C[C@H]3C(=O)C(C)=C(C)C(=O)[C@@]23C)ccc1O. The summed E-state index contributed by atoms with van der Waals surface area (Å²) in [5.74, 6) is -3.07. The molecular weight excluding hydrogens is 494 g/mol. The summed E-state index contributed by atoms with van der Waals surface area (Å²) in [4.78, 5) is 56.7. The van der Waals surface area contributed by atoms with Crippen LogP contribution in [0.15, 0.2) is 71.3 Å². The third-order valence-corrected chi connectivity index (χ3v) is 9.72. The first kappa shape index (κ1) is 25.3. The quantitative estimate of drug-likeness (QED) is 0.459. The van der Waals surface area contributed by atoms with Crippen LogP contribution in [0, 0.1) is 29.1 Å². The lowest BCUT2D eigenvalue weighted by molar-refractivity contribution is -0.142. The van der Waals surface area contributed by atoms with E-state index in [1.807, 2.05) is 19.1 Å². The van der Waals surface area contributed by atoms with E-state index in [1.54, 1.807) is 50.2 Å². The standard InChI is InChI=1S/C32H31NO6/c1-16-17(2)29(36)32(3)23(28(16)35)15-22-20(27(32)18-10-13-24(34)25(14-18)39-4)11-12-21-26(22)31(38)33(30(21)37)19-8-6-5-7-9-19/h5-11,13-14,21-23,26-27,34H,12,15H2,1-4H3/t21-,22+,23-,26-,27-,32+/m0/s1. The second kappa shape index (κ2) is 8.76. The van der Waals surface area contributed by atoms with E-state index in [-0.39, 0.29) is 40.8 Å². The number of amides is 2. The zero-order chi connectivity index (χ0) is 27.8. The van der Waals surface area contributed by atoms with Gasteiger partial charge in [-0.25, -0.2) is 0 Å². The first-order valence-electron chi connectivity index (χ1n) is 13.4. The molecule has 1 saturated carbocycles. The highest BCUT2D eigenvalue weighted by Crippen LogP contribution is 2.63. The number of ether oxygens (including phenoxy) is 1. The summed E-state index contributed by atoms with van der Waals surface area (Å²) in [6.45, 7) is 5.27. The van der Waals surface area contributed by atoms with Crippen molar-refractivity contribution in [3.8, 4) is 11.5 Å². The van der Waals surface area contributed by atoms with E-state index >= 15 is 0 Å². The molecule has 6 atom stereocenters. The Balaban J connectivity index is 1.53. The molecule has 2 aromatic carbocycles. The number of imide groups is 1. The van der Waals surface area contributed by atoms with Crippen LogP contribution >= 0.6 is 0 Å². The number of ketones is 2. The smallest absolute Gasteiger partial charge is 0.238 e. The van der Waals surface area contributed by atoms with Crippen LogP contribution in [-0.2, 0) is 19.2 Å².